The number of rotatable bonds is 7. The Morgan fingerprint density at radius 2 is 2.00 bits per heavy atom. The fraction of sp³-hybridized carbons (Fsp3) is 0.286. The quantitative estimate of drug-likeness (QED) is 0.0565. The van der Waals surface area contributed by atoms with Gasteiger partial charge in [-0.25, -0.2) is 13.2 Å². The molecule has 2 aromatic carbocycles. The van der Waals surface area contributed by atoms with Gasteiger partial charge in [0.1, 0.15) is 17.3 Å². The van der Waals surface area contributed by atoms with Crippen LogP contribution in [0, 0.1) is 23.9 Å². The first-order valence-electron chi connectivity index (χ1n) is 12.7. The first-order chi connectivity index (χ1) is 18.7. The van der Waals surface area contributed by atoms with Crippen LogP contribution in [0.1, 0.15) is 42.1 Å². The SMILES string of the molecule is OC1CCc2c1cc(F)cc2[N+](O)(O)Nc1ccc(F)c(C2=C/C(=C/N=[C-]NC3CCCNC3)[CH-]C=C2)c1F.[K+]. The molecule has 0 spiro atoms. The normalized spacial score (nSPS) is 21.6. The zero-order chi connectivity index (χ0) is 27.6. The van der Waals surface area contributed by atoms with Gasteiger partial charge in [-0.15, -0.1) is 40.6 Å². The molecule has 3 aliphatic rings. The van der Waals surface area contributed by atoms with E-state index in [-0.39, 0.29) is 87.1 Å². The van der Waals surface area contributed by atoms with E-state index in [0.717, 1.165) is 50.2 Å². The number of nitrogens with one attached hydrogen (secondary N) is 3. The van der Waals surface area contributed by atoms with Gasteiger partial charge in [-0.1, -0.05) is 18.1 Å². The summed E-state index contributed by atoms with van der Waals surface area (Å²) in [6, 6.07) is 4.27. The molecular weight excluding hydrogens is 550 g/mol. The number of aliphatic imine (C=N–C) groups is 1. The molecule has 2 atom stereocenters. The third-order valence-corrected chi connectivity index (χ3v) is 6.97. The Morgan fingerprint density at radius 1 is 1.18 bits per heavy atom. The maximum absolute atomic E-state index is 15.6. The largest absolute Gasteiger partial charge is 1.00 e. The molecule has 0 aromatic heterocycles. The number of quaternary nitrogens is 1. The van der Waals surface area contributed by atoms with Gasteiger partial charge in [-0.2, -0.15) is 5.43 Å². The van der Waals surface area contributed by atoms with Crippen molar-refractivity contribution in [3.8, 4) is 0 Å². The Kier molecular flexibility index (Phi) is 10.3. The molecule has 206 valence electrons. The predicted molar refractivity (Wildman–Crippen MR) is 141 cm³/mol. The van der Waals surface area contributed by atoms with Crippen LogP contribution in [-0.4, -0.2) is 41.0 Å². The van der Waals surface area contributed by atoms with E-state index in [1.807, 2.05) is 0 Å². The van der Waals surface area contributed by atoms with Gasteiger partial charge < -0.3 is 20.7 Å². The molecule has 5 rings (SSSR count). The number of fused-ring (bicyclic) bond motifs is 1. The van der Waals surface area contributed by atoms with E-state index in [2.05, 4.69) is 27.4 Å². The van der Waals surface area contributed by atoms with Crippen molar-refractivity contribution in [2.45, 2.75) is 37.8 Å². The van der Waals surface area contributed by atoms with Crippen LogP contribution >= 0.6 is 0 Å². The van der Waals surface area contributed by atoms with E-state index < -0.39 is 39.7 Å². The fourth-order valence-electron chi connectivity index (χ4n) is 5.04. The summed E-state index contributed by atoms with van der Waals surface area (Å²) in [7, 11) is 0. The molecule has 1 aliphatic heterocycles. The van der Waals surface area contributed by atoms with E-state index in [1.165, 1.54) is 12.3 Å². The maximum Gasteiger partial charge on any atom is 1.00 e. The minimum Gasteiger partial charge on any atom is -0.455 e. The van der Waals surface area contributed by atoms with Crippen LogP contribution in [0.5, 0.6) is 0 Å². The third-order valence-electron chi connectivity index (χ3n) is 6.97. The molecular formula is C28H29F3KN5O3. The van der Waals surface area contributed by atoms with Crippen molar-refractivity contribution in [3.63, 3.8) is 0 Å². The predicted octanol–water partition coefficient (Wildman–Crippen LogP) is 1.49. The van der Waals surface area contributed by atoms with Gasteiger partial charge in [0.25, 0.3) is 0 Å². The number of aliphatic hydroxyl groups is 1. The Balaban J connectivity index is 0.00000370. The average molecular weight is 580 g/mol. The second kappa shape index (κ2) is 13.3. The maximum atomic E-state index is 15.6. The molecule has 6 N–H and O–H groups in total. The fourth-order valence-corrected chi connectivity index (χ4v) is 5.04. The summed E-state index contributed by atoms with van der Waals surface area (Å²) < 4.78 is 44.7. The smallest absolute Gasteiger partial charge is 0.455 e. The van der Waals surface area contributed by atoms with Crippen molar-refractivity contribution in [2.75, 3.05) is 18.5 Å². The number of hydrogen-bond acceptors (Lipinski definition) is 6. The number of hydrogen-bond donors (Lipinski definition) is 6. The number of aliphatic hydroxyl groups excluding tert-OH is 1. The average Bonchev–Trinajstić information content (AvgIpc) is 3.29. The van der Waals surface area contributed by atoms with Crippen molar-refractivity contribution in [3.05, 3.63) is 94.8 Å². The molecule has 1 saturated heterocycles. The zero-order valence-corrected chi connectivity index (χ0v) is 25.1. The van der Waals surface area contributed by atoms with E-state index in [9.17, 15) is 24.3 Å². The topological polar surface area (TPSA) is 109 Å². The number of allylic oxidation sites excluding steroid dienone is 5. The second-order valence-corrected chi connectivity index (χ2v) is 9.73. The van der Waals surface area contributed by atoms with Gasteiger partial charge >= 0.3 is 51.4 Å². The molecule has 12 heteroatoms. The van der Waals surface area contributed by atoms with Crippen LogP contribution in [0.4, 0.5) is 24.5 Å². The first kappa shape index (κ1) is 31.0. The standard InChI is InChI=1S/C28H29F3N5O3.K/c29-19-12-22-21(6-9-26(22)37)25(13-19)36(38,39)35-24-8-7-23(30)27(28(24)31)18-4-1-3-17(11-18)14-33-16-34-20-5-2-10-32-15-20;/h1,3-4,7-8,11-14,20,26,32,35,37-39H,2,5-6,9-10,15H2,(H,33,34);/q-1;+1/b17-14+;. The van der Waals surface area contributed by atoms with Crippen LogP contribution in [-0.2, 0) is 6.42 Å². The zero-order valence-electron chi connectivity index (χ0n) is 22.0. The number of benzene rings is 2. The van der Waals surface area contributed by atoms with Gasteiger partial charge in [0.2, 0.25) is 5.69 Å². The summed E-state index contributed by atoms with van der Waals surface area (Å²) in [5.74, 6) is -2.73. The molecule has 2 aromatic rings. The van der Waals surface area contributed by atoms with Crippen LogP contribution < -0.4 is 72.4 Å². The Bertz CT molecular complexity index is 1370. The summed E-state index contributed by atoms with van der Waals surface area (Å²) in [6.45, 7) is 1.82. The molecule has 0 saturated carbocycles. The molecule has 1 heterocycles. The molecule has 40 heavy (non-hydrogen) atoms. The van der Waals surface area contributed by atoms with Gasteiger partial charge in [-0.05, 0) is 56.0 Å². The van der Waals surface area contributed by atoms with Crippen molar-refractivity contribution in [1.29, 1.82) is 0 Å². The van der Waals surface area contributed by atoms with Gasteiger partial charge in [-0.3, -0.25) is 0 Å². The molecule has 2 unspecified atom stereocenters. The minimum absolute atomic E-state index is 0. The molecule has 2 aliphatic carbocycles. The first-order valence-corrected chi connectivity index (χ1v) is 12.7. The molecule has 0 bridgehead atoms. The van der Waals surface area contributed by atoms with Crippen LogP contribution in [0.2, 0.25) is 0 Å². The van der Waals surface area contributed by atoms with E-state index in [1.54, 1.807) is 18.6 Å². The molecule has 0 radical (unpaired) electrons. The number of nitrogens with zero attached hydrogens (tertiary/aromatic N) is 2. The van der Waals surface area contributed by atoms with Crippen LogP contribution in [0.3, 0.4) is 0 Å². The summed E-state index contributed by atoms with van der Waals surface area (Å²) >= 11 is 0. The van der Waals surface area contributed by atoms with Crippen molar-refractivity contribution < 1.29 is 80.1 Å². The van der Waals surface area contributed by atoms with Gasteiger partial charge in [0, 0.05) is 29.8 Å². The Labute approximate surface area is 272 Å². The van der Waals surface area contributed by atoms with E-state index >= 15 is 4.39 Å². The van der Waals surface area contributed by atoms with Gasteiger partial charge in [0.15, 0.2) is 5.82 Å². The second-order valence-electron chi connectivity index (χ2n) is 9.73. The monoisotopic (exact) mass is 579 g/mol. The van der Waals surface area contributed by atoms with Crippen molar-refractivity contribution in [1.82, 2.24) is 15.6 Å². The van der Waals surface area contributed by atoms with Crippen molar-refractivity contribution in [2.24, 2.45) is 4.99 Å². The molecule has 1 fully saturated rings. The minimum atomic E-state index is -2.10. The van der Waals surface area contributed by atoms with Crippen LogP contribution in [0.15, 0.2) is 59.3 Å². The van der Waals surface area contributed by atoms with E-state index in [4.69, 9.17) is 0 Å². The third kappa shape index (κ3) is 6.90. The van der Waals surface area contributed by atoms with E-state index in [0.29, 0.717) is 11.1 Å². The van der Waals surface area contributed by atoms with Gasteiger partial charge in [0.05, 0.1) is 11.0 Å². The number of piperidine rings is 1. The Morgan fingerprint density at radius 3 is 2.77 bits per heavy atom. The van der Waals surface area contributed by atoms with Crippen molar-refractivity contribution >= 4 is 23.3 Å². The molecule has 0 amide bonds. The van der Waals surface area contributed by atoms with Crippen LogP contribution in [0.25, 0.3) is 5.57 Å². The number of anilines is 1. The number of halogens is 3. The Hall–Kier alpha value is -1.97. The summed E-state index contributed by atoms with van der Waals surface area (Å²) in [5.41, 5.74) is 2.41. The summed E-state index contributed by atoms with van der Waals surface area (Å²) in [4.78, 5) is 2.02. The molecule has 8 nitrogen and oxygen atoms in total. The summed E-state index contributed by atoms with van der Waals surface area (Å²) in [5, 5.41) is 38.0. The summed E-state index contributed by atoms with van der Waals surface area (Å²) in [6.07, 6.45) is 12.4.